The molecule has 1 aliphatic rings. The van der Waals surface area contributed by atoms with Gasteiger partial charge in [0.25, 0.3) is 0 Å². The third-order valence-electron chi connectivity index (χ3n) is 6.05. The molecule has 1 N–H and O–H groups in total. The number of anilines is 2. The minimum atomic E-state index is -0.803. The minimum Gasteiger partial charge on any atom is -0.495 e. The van der Waals surface area contributed by atoms with Gasteiger partial charge in [0.05, 0.1) is 12.8 Å². The maximum atomic E-state index is 13.0. The summed E-state index contributed by atoms with van der Waals surface area (Å²) in [5, 5.41) is 3.18. The zero-order valence-corrected chi connectivity index (χ0v) is 23.3. The standard InChI is InChI=1S/C28H27BrClN3O5/c1-32(17-18-9-10-19(29)14-25(18)38-22-7-5-6-20(30)15-22)28(36)27(35)31-21-11-12-24(37-2)23(16-21)33-13-4-3-8-26(33)34/h5-7,9-12,14-16H,3-4,8,13,17H2,1-2H3,(H,31,35). The van der Waals surface area contributed by atoms with Crippen molar-refractivity contribution in [1.29, 1.82) is 0 Å². The Morgan fingerprint density at radius 2 is 1.89 bits per heavy atom. The predicted molar refractivity (Wildman–Crippen MR) is 150 cm³/mol. The van der Waals surface area contributed by atoms with Crippen LogP contribution >= 0.6 is 27.5 Å². The van der Waals surface area contributed by atoms with Gasteiger partial charge in [-0.25, -0.2) is 0 Å². The number of hydrogen-bond donors (Lipinski definition) is 1. The molecule has 0 spiro atoms. The third-order valence-corrected chi connectivity index (χ3v) is 6.78. The number of likely N-dealkylation sites (N-methyl/N-ethyl adjacent to an activating group) is 1. The zero-order valence-electron chi connectivity index (χ0n) is 21.0. The van der Waals surface area contributed by atoms with Crippen LogP contribution in [0.3, 0.4) is 0 Å². The highest BCUT2D eigenvalue weighted by Crippen LogP contribution is 2.34. The van der Waals surface area contributed by atoms with Crippen molar-refractivity contribution in [3.63, 3.8) is 0 Å². The number of amides is 3. The van der Waals surface area contributed by atoms with Crippen molar-refractivity contribution in [3.8, 4) is 17.2 Å². The van der Waals surface area contributed by atoms with E-state index >= 15 is 0 Å². The van der Waals surface area contributed by atoms with Crippen LogP contribution in [0.2, 0.25) is 5.02 Å². The number of halogens is 2. The Morgan fingerprint density at radius 3 is 2.63 bits per heavy atom. The van der Waals surface area contributed by atoms with E-state index in [0.29, 0.717) is 52.2 Å². The lowest BCUT2D eigenvalue weighted by molar-refractivity contribution is -0.142. The molecule has 0 aromatic heterocycles. The lowest BCUT2D eigenvalue weighted by Crippen LogP contribution is -2.37. The molecule has 8 nitrogen and oxygen atoms in total. The highest BCUT2D eigenvalue weighted by Gasteiger charge is 2.25. The van der Waals surface area contributed by atoms with E-state index in [1.165, 1.54) is 12.0 Å². The summed E-state index contributed by atoms with van der Waals surface area (Å²) >= 11 is 9.52. The van der Waals surface area contributed by atoms with E-state index in [0.717, 1.165) is 17.3 Å². The van der Waals surface area contributed by atoms with Crippen LogP contribution in [0.15, 0.2) is 65.1 Å². The fraction of sp³-hybridized carbons (Fsp3) is 0.250. The number of nitrogens with one attached hydrogen (secondary N) is 1. The molecule has 0 saturated carbocycles. The van der Waals surface area contributed by atoms with Crippen LogP contribution in [0.5, 0.6) is 17.2 Å². The van der Waals surface area contributed by atoms with Crippen LogP contribution in [0.25, 0.3) is 0 Å². The first-order valence-corrected chi connectivity index (χ1v) is 13.2. The number of ether oxygens (including phenoxy) is 2. The maximum absolute atomic E-state index is 13.0. The average Bonchev–Trinajstić information content (AvgIpc) is 2.90. The maximum Gasteiger partial charge on any atom is 0.313 e. The summed E-state index contributed by atoms with van der Waals surface area (Å²) in [6.45, 7) is 0.701. The molecule has 38 heavy (non-hydrogen) atoms. The first-order valence-electron chi connectivity index (χ1n) is 12.0. The van der Waals surface area contributed by atoms with Crippen LogP contribution in [-0.4, -0.2) is 43.3 Å². The van der Waals surface area contributed by atoms with Gasteiger partial charge in [-0.05, 0) is 61.4 Å². The molecule has 3 amide bonds. The number of piperidine rings is 1. The van der Waals surface area contributed by atoms with Gasteiger partial charge >= 0.3 is 11.8 Å². The lowest BCUT2D eigenvalue weighted by Gasteiger charge is -2.28. The SMILES string of the molecule is COc1ccc(NC(=O)C(=O)N(C)Cc2ccc(Br)cc2Oc2cccc(Cl)c2)cc1N1CCCCC1=O. The van der Waals surface area contributed by atoms with Crippen LogP contribution < -0.4 is 19.7 Å². The molecule has 0 unspecified atom stereocenters. The van der Waals surface area contributed by atoms with Crippen molar-refractivity contribution in [2.75, 3.05) is 30.9 Å². The summed E-state index contributed by atoms with van der Waals surface area (Å²) in [6.07, 6.45) is 2.19. The van der Waals surface area contributed by atoms with Gasteiger partial charge in [0, 0.05) is 47.3 Å². The van der Waals surface area contributed by atoms with Gasteiger partial charge in [-0.2, -0.15) is 0 Å². The van der Waals surface area contributed by atoms with Crippen LogP contribution in [-0.2, 0) is 20.9 Å². The van der Waals surface area contributed by atoms with Crippen molar-refractivity contribution in [1.82, 2.24) is 4.90 Å². The number of hydrogen-bond acceptors (Lipinski definition) is 5. The Labute approximate surface area is 234 Å². The molecule has 10 heteroatoms. The minimum absolute atomic E-state index is 0.000804. The van der Waals surface area contributed by atoms with Crippen molar-refractivity contribution >= 4 is 56.6 Å². The molecular formula is C28H27BrClN3O5. The predicted octanol–water partition coefficient (Wildman–Crippen LogP) is 6.02. The largest absolute Gasteiger partial charge is 0.495 e. The van der Waals surface area contributed by atoms with E-state index < -0.39 is 11.8 Å². The second-order valence-corrected chi connectivity index (χ2v) is 10.2. The van der Waals surface area contributed by atoms with Crippen LogP contribution in [0.4, 0.5) is 11.4 Å². The first kappa shape index (κ1) is 27.5. The van der Waals surface area contributed by atoms with Crippen molar-refractivity contribution < 1.29 is 23.9 Å². The Kier molecular flexibility index (Phi) is 8.91. The molecule has 0 aliphatic carbocycles. The van der Waals surface area contributed by atoms with E-state index in [1.54, 1.807) is 60.5 Å². The molecule has 4 rings (SSSR count). The van der Waals surface area contributed by atoms with Gasteiger partial charge in [-0.15, -0.1) is 0 Å². The molecule has 0 radical (unpaired) electrons. The Bertz CT molecular complexity index is 1370. The zero-order chi connectivity index (χ0) is 27.2. The lowest BCUT2D eigenvalue weighted by atomic mass is 10.1. The molecule has 198 valence electrons. The molecule has 1 heterocycles. The van der Waals surface area contributed by atoms with Gasteiger partial charge in [-0.3, -0.25) is 14.4 Å². The number of methoxy groups -OCH3 is 1. The van der Waals surface area contributed by atoms with Gasteiger partial charge in [0.1, 0.15) is 17.2 Å². The number of rotatable bonds is 7. The summed E-state index contributed by atoms with van der Waals surface area (Å²) in [4.78, 5) is 41.2. The topological polar surface area (TPSA) is 88.2 Å². The van der Waals surface area contributed by atoms with Crippen molar-refractivity contribution in [2.24, 2.45) is 0 Å². The second-order valence-electron chi connectivity index (χ2n) is 8.82. The summed E-state index contributed by atoms with van der Waals surface area (Å²) < 4.78 is 12.2. The smallest absolute Gasteiger partial charge is 0.313 e. The Balaban J connectivity index is 1.47. The molecule has 3 aromatic rings. The summed E-state index contributed by atoms with van der Waals surface area (Å²) in [6, 6.07) is 17.4. The van der Waals surface area contributed by atoms with Gasteiger partial charge in [-0.1, -0.05) is 39.7 Å². The van der Waals surface area contributed by atoms with Crippen LogP contribution in [0, 0.1) is 0 Å². The van der Waals surface area contributed by atoms with Gasteiger partial charge in [0.2, 0.25) is 5.91 Å². The van der Waals surface area contributed by atoms with E-state index in [9.17, 15) is 14.4 Å². The first-order chi connectivity index (χ1) is 18.2. The summed E-state index contributed by atoms with van der Waals surface area (Å²) in [5.74, 6) is 0.0538. The summed E-state index contributed by atoms with van der Waals surface area (Å²) in [7, 11) is 3.06. The molecule has 3 aromatic carbocycles. The third kappa shape index (κ3) is 6.65. The number of carbonyl (C=O) groups excluding carboxylic acids is 3. The fourth-order valence-electron chi connectivity index (χ4n) is 4.14. The van der Waals surface area contributed by atoms with E-state index in [1.807, 2.05) is 12.1 Å². The van der Waals surface area contributed by atoms with E-state index in [2.05, 4.69) is 21.2 Å². The molecule has 0 bridgehead atoms. The van der Waals surface area contributed by atoms with Crippen LogP contribution in [0.1, 0.15) is 24.8 Å². The fourth-order valence-corrected chi connectivity index (χ4v) is 4.66. The highest BCUT2D eigenvalue weighted by atomic mass is 79.9. The highest BCUT2D eigenvalue weighted by molar-refractivity contribution is 9.10. The molecule has 1 aliphatic heterocycles. The van der Waals surface area contributed by atoms with Crippen molar-refractivity contribution in [3.05, 3.63) is 75.7 Å². The molecule has 1 saturated heterocycles. The van der Waals surface area contributed by atoms with Gasteiger partial charge in [0.15, 0.2) is 0 Å². The molecular weight excluding hydrogens is 574 g/mol. The molecule has 1 fully saturated rings. The Morgan fingerprint density at radius 1 is 1.08 bits per heavy atom. The number of nitrogens with zero attached hydrogens (tertiary/aromatic N) is 2. The van der Waals surface area contributed by atoms with Gasteiger partial charge < -0.3 is 24.6 Å². The second kappa shape index (κ2) is 12.3. The normalized spacial score (nSPS) is 13.2. The van der Waals surface area contributed by atoms with E-state index in [4.69, 9.17) is 21.1 Å². The van der Waals surface area contributed by atoms with Crippen molar-refractivity contribution in [2.45, 2.75) is 25.8 Å². The monoisotopic (exact) mass is 599 g/mol. The quantitative estimate of drug-likeness (QED) is 0.335. The van der Waals surface area contributed by atoms with E-state index in [-0.39, 0.29) is 12.5 Å². The molecule has 0 atom stereocenters. The Hall–Kier alpha value is -3.56. The number of benzene rings is 3. The number of carbonyl (C=O) groups is 3. The summed E-state index contributed by atoms with van der Waals surface area (Å²) in [5.41, 5.74) is 1.65. The average molecular weight is 601 g/mol.